The fraction of sp³-hybridized carbons (Fsp3) is 0.138. The second kappa shape index (κ2) is 13.8. The molecule has 3 atom stereocenters. The minimum atomic E-state index is -0.0455. The Balaban J connectivity index is 0.883. The fourth-order valence-corrected chi connectivity index (χ4v) is 11.9. The molecule has 3 aliphatic rings. The van der Waals surface area contributed by atoms with E-state index in [9.17, 15) is 0 Å². The molecule has 0 N–H and O–H groups in total. The summed E-state index contributed by atoms with van der Waals surface area (Å²) in [6, 6.07) is 63.2. The van der Waals surface area contributed by atoms with E-state index in [4.69, 9.17) is 4.74 Å². The molecule has 1 nitrogen and oxygen atoms in total. The minimum Gasteiger partial charge on any atom is -0.485 e. The van der Waals surface area contributed by atoms with Gasteiger partial charge in [0, 0.05) is 43.0 Å². The summed E-state index contributed by atoms with van der Waals surface area (Å²) in [5.74, 6) is 1.44. The molecule has 9 aromatic rings. The van der Waals surface area contributed by atoms with Gasteiger partial charge in [-0.05, 0) is 109 Å². The van der Waals surface area contributed by atoms with Crippen LogP contribution in [0.5, 0.6) is 5.75 Å². The molecule has 2 aliphatic carbocycles. The lowest BCUT2D eigenvalue weighted by molar-refractivity contribution is 0.267. The highest BCUT2D eigenvalue weighted by molar-refractivity contribution is 7.25. The van der Waals surface area contributed by atoms with Crippen LogP contribution in [-0.4, -0.2) is 6.10 Å². The van der Waals surface area contributed by atoms with Crippen molar-refractivity contribution < 1.29 is 4.74 Å². The molecular weight excluding hydrogens is 745 g/mol. The number of allylic oxidation sites excluding steroid dienone is 2. The van der Waals surface area contributed by atoms with E-state index in [1.807, 2.05) is 11.3 Å². The number of rotatable bonds is 7. The average Bonchev–Trinajstić information content (AvgIpc) is 3.94. The minimum absolute atomic E-state index is 0.0284. The second-order valence-corrected chi connectivity index (χ2v) is 18.5. The zero-order chi connectivity index (χ0) is 40.0. The first kappa shape index (κ1) is 35.5. The summed E-state index contributed by atoms with van der Waals surface area (Å²) >= 11 is 1.88. The Morgan fingerprint density at radius 3 is 2.12 bits per heavy atom. The third-order valence-electron chi connectivity index (χ3n) is 13.7. The summed E-state index contributed by atoms with van der Waals surface area (Å²) in [6.07, 6.45) is 9.17. The zero-order valence-corrected chi connectivity index (χ0v) is 34.7. The number of thiophene rings is 1. The molecule has 0 amide bonds. The number of benzene rings is 8. The van der Waals surface area contributed by atoms with E-state index >= 15 is 0 Å². The van der Waals surface area contributed by atoms with Crippen LogP contribution in [0.2, 0.25) is 0 Å². The Morgan fingerprint density at radius 1 is 0.567 bits per heavy atom. The van der Waals surface area contributed by atoms with Crippen molar-refractivity contribution in [1.82, 2.24) is 0 Å². The van der Waals surface area contributed by atoms with E-state index in [-0.39, 0.29) is 23.4 Å². The summed E-state index contributed by atoms with van der Waals surface area (Å²) in [4.78, 5) is 0. The van der Waals surface area contributed by atoms with Crippen molar-refractivity contribution in [3.63, 3.8) is 0 Å². The highest BCUT2D eigenvalue weighted by Gasteiger charge is 2.37. The van der Waals surface area contributed by atoms with Crippen molar-refractivity contribution in [2.75, 3.05) is 0 Å². The highest BCUT2D eigenvalue weighted by atomic mass is 32.1. The molecule has 2 heterocycles. The molecule has 60 heavy (non-hydrogen) atoms. The predicted molar refractivity (Wildman–Crippen MR) is 254 cm³/mol. The lowest BCUT2D eigenvalue weighted by Crippen LogP contribution is -2.18. The molecule has 8 aromatic carbocycles. The fourth-order valence-electron chi connectivity index (χ4n) is 10.7. The lowest BCUT2D eigenvalue weighted by atomic mass is 9.79. The maximum absolute atomic E-state index is 7.00. The molecule has 0 fully saturated rings. The summed E-state index contributed by atoms with van der Waals surface area (Å²) in [6.45, 7) is 4.77. The van der Waals surface area contributed by atoms with Gasteiger partial charge in [0.15, 0.2) is 0 Å². The second-order valence-electron chi connectivity index (χ2n) is 17.4. The Bertz CT molecular complexity index is 3220. The topological polar surface area (TPSA) is 9.23 Å². The average molecular weight is 789 g/mol. The maximum atomic E-state index is 7.00. The monoisotopic (exact) mass is 788 g/mol. The van der Waals surface area contributed by atoms with Gasteiger partial charge in [0.05, 0.1) is 0 Å². The van der Waals surface area contributed by atoms with Crippen LogP contribution in [-0.2, 0) is 5.41 Å². The van der Waals surface area contributed by atoms with Crippen molar-refractivity contribution in [3.8, 4) is 39.1 Å². The molecule has 2 heteroatoms. The molecule has 1 aromatic heterocycles. The van der Waals surface area contributed by atoms with E-state index in [1.54, 1.807) is 0 Å². The first-order valence-corrected chi connectivity index (χ1v) is 22.2. The molecule has 0 saturated carbocycles. The standard InChI is InChI=1S/C58H44OS/c1-58(2)50-20-10-8-16-43(50)44-32-29-40(34-51(44)58)41(39-27-25-38(26-28-39)37-13-4-3-5-14-37)30-23-36-24-31-47-52(33-36)59-53-35-49(42-15-6-7-17-45(42)56(47)53)46-19-12-22-55-57(46)48-18-9-11-21-54(48)60-55/h3-22,24-29,31-35,41,47,52H,23,30H2,1-2H3. The summed E-state index contributed by atoms with van der Waals surface area (Å²) in [7, 11) is 0. The summed E-state index contributed by atoms with van der Waals surface area (Å²) in [5, 5.41) is 5.23. The molecule has 1 aliphatic heterocycles. The molecule has 0 spiro atoms. The predicted octanol–water partition coefficient (Wildman–Crippen LogP) is 15.8. The van der Waals surface area contributed by atoms with Gasteiger partial charge in [-0.2, -0.15) is 0 Å². The molecular formula is C58H44OS. The highest BCUT2D eigenvalue weighted by Crippen LogP contribution is 2.52. The first-order chi connectivity index (χ1) is 29.5. The molecule has 0 saturated heterocycles. The van der Waals surface area contributed by atoms with Crippen molar-refractivity contribution in [2.24, 2.45) is 0 Å². The number of ether oxygens (including phenoxy) is 1. The summed E-state index contributed by atoms with van der Waals surface area (Å²) < 4.78 is 9.65. The summed E-state index contributed by atoms with van der Waals surface area (Å²) in [5.41, 5.74) is 16.0. The quantitative estimate of drug-likeness (QED) is 0.156. The van der Waals surface area contributed by atoms with Crippen LogP contribution in [0.3, 0.4) is 0 Å². The maximum Gasteiger partial charge on any atom is 0.128 e. The van der Waals surface area contributed by atoms with Gasteiger partial charge in [-0.25, -0.2) is 0 Å². The normalized spacial score (nSPS) is 17.5. The van der Waals surface area contributed by atoms with Crippen LogP contribution in [0, 0.1) is 0 Å². The number of hydrogen-bond acceptors (Lipinski definition) is 2. The van der Waals surface area contributed by atoms with Gasteiger partial charge in [-0.3, -0.25) is 0 Å². The van der Waals surface area contributed by atoms with Gasteiger partial charge in [0.2, 0.25) is 0 Å². The van der Waals surface area contributed by atoms with Crippen LogP contribution < -0.4 is 4.74 Å². The van der Waals surface area contributed by atoms with E-state index in [0.29, 0.717) is 0 Å². The third kappa shape index (κ3) is 5.58. The SMILES string of the molecule is CC1(C)c2ccccc2-c2ccc(C(CCC3=CC4Oc5cc(-c6cccc7sc8ccccc8c67)c6ccccc6c5C4C=C3)c3ccc(-c4ccccc4)cc3)cc21. The van der Waals surface area contributed by atoms with Crippen LogP contribution in [0.4, 0.5) is 0 Å². The van der Waals surface area contributed by atoms with Crippen LogP contribution in [0.1, 0.15) is 66.3 Å². The Morgan fingerprint density at radius 2 is 1.25 bits per heavy atom. The van der Waals surface area contributed by atoms with Crippen molar-refractivity contribution in [3.05, 3.63) is 221 Å². The van der Waals surface area contributed by atoms with E-state index in [0.717, 1.165) is 18.6 Å². The smallest absolute Gasteiger partial charge is 0.128 e. The molecule has 12 rings (SSSR count). The van der Waals surface area contributed by atoms with Crippen molar-refractivity contribution in [2.45, 2.75) is 50.0 Å². The van der Waals surface area contributed by atoms with Crippen LogP contribution >= 0.6 is 11.3 Å². The van der Waals surface area contributed by atoms with Gasteiger partial charge in [0.1, 0.15) is 11.9 Å². The lowest BCUT2D eigenvalue weighted by Gasteiger charge is -2.25. The molecule has 0 bridgehead atoms. The largest absolute Gasteiger partial charge is 0.485 e. The van der Waals surface area contributed by atoms with E-state index in [1.165, 1.54) is 97.7 Å². The number of fused-ring (bicyclic) bond motifs is 11. The van der Waals surface area contributed by atoms with Crippen LogP contribution in [0.25, 0.3) is 64.3 Å². The van der Waals surface area contributed by atoms with Gasteiger partial charge >= 0.3 is 0 Å². The van der Waals surface area contributed by atoms with Crippen molar-refractivity contribution in [1.29, 1.82) is 0 Å². The van der Waals surface area contributed by atoms with E-state index < -0.39 is 0 Å². The molecule has 288 valence electrons. The van der Waals surface area contributed by atoms with Gasteiger partial charge in [-0.15, -0.1) is 11.3 Å². The third-order valence-corrected chi connectivity index (χ3v) is 14.9. The van der Waals surface area contributed by atoms with Crippen LogP contribution in [0.15, 0.2) is 194 Å². The van der Waals surface area contributed by atoms with Gasteiger partial charge in [-0.1, -0.05) is 178 Å². The van der Waals surface area contributed by atoms with Crippen molar-refractivity contribution >= 4 is 42.3 Å². The van der Waals surface area contributed by atoms with Gasteiger partial charge < -0.3 is 4.74 Å². The molecule has 3 unspecified atom stereocenters. The van der Waals surface area contributed by atoms with E-state index in [2.05, 4.69) is 202 Å². The van der Waals surface area contributed by atoms with Gasteiger partial charge in [0.25, 0.3) is 0 Å². The number of hydrogen-bond donors (Lipinski definition) is 0. The zero-order valence-electron chi connectivity index (χ0n) is 33.9. The Kier molecular flexibility index (Phi) is 8.15. The Hall–Kier alpha value is -6.48. The first-order valence-electron chi connectivity index (χ1n) is 21.4. The molecule has 0 radical (unpaired) electrons. The Labute approximate surface area is 355 Å².